The highest BCUT2D eigenvalue weighted by molar-refractivity contribution is 6.35. The van der Waals surface area contributed by atoms with E-state index in [0.717, 1.165) is 29.2 Å². The molecule has 7 nitrogen and oxygen atoms in total. The summed E-state index contributed by atoms with van der Waals surface area (Å²) in [5.74, 6) is 1.30. The van der Waals surface area contributed by atoms with Crippen molar-refractivity contribution in [2.75, 3.05) is 5.32 Å². The van der Waals surface area contributed by atoms with Crippen LogP contribution in [-0.2, 0) is 6.42 Å². The second-order valence-electron chi connectivity index (χ2n) is 6.46. The van der Waals surface area contributed by atoms with Crippen molar-refractivity contribution in [3.05, 3.63) is 57.8 Å². The van der Waals surface area contributed by atoms with Crippen molar-refractivity contribution in [1.82, 2.24) is 30.0 Å². The summed E-state index contributed by atoms with van der Waals surface area (Å²) < 4.78 is 1.68. The Morgan fingerprint density at radius 2 is 1.89 bits per heavy atom. The van der Waals surface area contributed by atoms with E-state index in [2.05, 4.69) is 37.7 Å². The summed E-state index contributed by atoms with van der Waals surface area (Å²) in [5.41, 5.74) is 3.45. The van der Waals surface area contributed by atoms with E-state index < -0.39 is 0 Å². The number of halogens is 2. The van der Waals surface area contributed by atoms with Crippen LogP contribution in [0, 0.1) is 6.92 Å². The number of fused-ring (bicyclic) bond motifs is 1. The largest absolute Gasteiger partial charge is 0.366 e. The molecule has 4 rings (SSSR count). The maximum Gasteiger partial charge on any atom is 0.185 e. The molecule has 0 aliphatic carbocycles. The normalized spacial score (nSPS) is 12.4. The van der Waals surface area contributed by atoms with E-state index >= 15 is 0 Å². The molecule has 9 heteroatoms. The number of H-pyrrole nitrogens is 1. The predicted octanol–water partition coefficient (Wildman–Crippen LogP) is 4.17. The summed E-state index contributed by atoms with van der Waals surface area (Å²) in [5, 5.41) is 24.7. The molecule has 0 aliphatic rings. The van der Waals surface area contributed by atoms with Gasteiger partial charge >= 0.3 is 0 Å². The quantitative estimate of drug-likeness (QED) is 0.524. The van der Waals surface area contributed by atoms with Crippen molar-refractivity contribution >= 4 is 34.7 Å². The van der Waals surface area contributed by atoms with Crippen LogP contribution in [0.1, 0.15) is 18.3 Å². The molecule has 4 aromatic rings. The monoisotopic (exact) mass is 401 g/mol. The van der Waals surface area contributed by atoms with Gasteiger partial charge in [-0.1, -0.05) is 23.2 Å². The first-order valence-electron chi connectivity index (χ1n) is 8.44. The van der Waals surface area contributed by atoms with E-state index in [1.807, 2.05) is 25.1 Å². The van der Waals surface area contributed by atoms with Gasteiger partial charge < -0.3 is 5.32 Å². The zero-order chi connectivity index (χ0) is 19.0. The molecule has 1 unspecified atom stereocenters. The Kier molecular flexibility index (Phi) is 4.72. The average Bonchev–Trinajstić information content (AvgIpc) is 3.19. The summed E-state index contributed by atoms with van der Waals surface area (Å²) in [4.78, 5) is 0. The first-order chi connectivity index (χ1) is 13.0. The molecular weight excluding hydrogens is 385 g/mol. The SMILES string of the molecule is Cc1cc(CC(C)Nc2ccc3nnc(-c4cc(Cl)cc(Cl)c4)n3n2)n[nH]1. The number of anilines is 1. The van der Waals surface area contributed by atoms with Crippen molar-refractivity contribution in [3.8, 4) is 11.4 Å². The van der Waals surface area contributed by atoms with Crippen molar-refractivity contribution < 1.29 is 0 Å². The third-order valence-electron chi connectivity index (χ3n) is 4.05. The highest BCUT2D eigenvalue weighted by atomic mass is 35.5. The zero-order valence-corrected chi connectivity index (χ0v) is 16.3. The summed E-state index contributed by atoms with van der Waals surface area (Å²) in [7, 11) is 0. The summed E-state index contributed by atoms with van der Waals surface area (Å²) in [6, 6.07) is 11.2. The van der Waals surface area contributed by atoms with E-state index in [0.29, 0.717) is 21.5 Å². The van der Waals surface area contributed by atoms with E-state index in [1.54, 1.807) is 22.7 Å². The summed E-state index contributed by atoms with van der Waals surface area (Å²) in [6.07, 6.45) is 0.781. The van der Waals surface area contributed by atoms with Gasteiger partial charge in [0.05, 0.1) is 5.69 Å². The summed E-state index contributed by atoms with van der Waals surface area (Å²) in [6.45, 7) is 4.07. The van der Waals surface area contributed by atoms with Crippen molar-refractivity contribution in [3.63, 3.8) is 0 Å². The molecule has 0 saturated carbocycles. The van der Waals surface area contributed by atoms with Gasteiger partial charge in [-0.15, -0.1) is 15.3 Å². The summed E-state index contributed by atoms with van der Waals surface area (Å²) >= 11 is 12.2. The number of nitrogens with one attached hydrogen (secondary N) is 2. The minimum absolute atomic E-state index is 0.151. The molecule has 1 atom stereocenters. The fourth-order valence-electron chi connectivity index (χ4n) is 2.93. The molecule has 0 bridgehead atoms. The van der Waals surface area contributed by atoms with Gasteiger partial charge in [0.25, 0.3) is 0 Å². The average molecular weight is 402 g/mol. The third-order valence-corrected chi connectivity index (χ3v) is 4.49. The second kappa shape index (κ2) is 7.17. The van der Waals surface area contributed by atoms with Gasteiger partial charge in [0.15, 0.2) is 11.5 Å². The first-order valence-corrected chi connectivity index (χ1v) is 9.20. The van der Waals surface area contributed by atoms with Gasteiger partial charge in [-0.3, -0.25) is 5.10 Å². The van der Waals surface area contributed by atoms with Gasteiger partial charge in [-0.25, -0.2) is 0 Å². The minimum atomic E-state index is 0.151. The van der Waals surface area contributed by atoms with Gasteiger partial charge in [0.1, 0.15) is 5.82 Å². The number of hydrogen-bond acceptors (Lipinski definition) is 5. The van der Waals surface area contributed by atoms with E-state index in [-0.39, 0.29) is 6.04 Å². The number of aromatic nitrogens is 6. The van der Waals surface area contributed by atoms with Gasteiger partial charge in [0, 0.05) is 33.8 Å². The molecule has 1 aromatic carbocycles. The molecule has 0 aliphatic heterocycles. The maximum absolute atomic E-state index is 6.11. The molecule has 0 amide bonds. The molecule has 27 heavy (non-hydrogen) atoms. The molecular formula is C18H17Cl2N7. The lowest BCUT2D eigenvalue weighted by molar-refractivity contribution is 0.753. The van der Waals surface area contributed by atoms with Gasteiger partial charge in [0.2, 0.25) is 0 Å². The lowest BCUT2D eigenvalue weighted by atomic mass is 10.2. The van der Waals surface area contributed by atoms with Crippen molar-refractivity contribution in [1.29, 1.82) is 0 Å². The standard InChI is InChI=1S/C18H17Cl2N7/c1-10(5-15-6-11(2)22-23-15)21-16-3-4-17-24-25-18(27(17)26-16)12-7-13(19)9-14(20)8-12/h3-4,6-10H,5H2,1-2H3,(H,21,26)(H,22,23). The Morgan fingerprint density at radius 3 is 2.59 bits per heavy atom. The van der Waals surface area contributed by atoms with Crippen molar-refractivity contribution in [2.24, 2.45) is 0 Å². The third kappa shape index (κ3) is 3.89. The molecule has 3 aromatic heterocycles. The van der Waals surface area contributed by atoms with Crippen molar-refractivity contribution in [2.45, 2.75) is 26.3 Å². The molecule has 0 spiro atoms. The Bertz CT molecular complexity index is 1080. The number of benzene rings is 1. The highest BCUT2D eigenvalue weighted by Gasteiger charge is 2.13. The zero-order valence-electron chi connectivity index (χ0n) is 14.7. The predicted molar refractivity (Wildman–Crippen MR) is 106 cm³/mol. The Labute approximate surface area is 165 Å². The van der Waals surface area contributed by atoms with Crippen LogP contribution in [0.15, 0.2) is 36.4 Å². The Morgan fingerprint density at radius 1 is 1.11 bits per heavy atom. The van der Waals surface area contributed by atoms with E-state index in [4.69, 9.17) is 23.2 Å². The number of rotatable bonds is 5. The molecule has 0 radical (unpaired) electrons. The van der Waals surface area contributed by atoms with Crippen LogP contribution in [0.4, 0.5) is 5.82 Å². The number of aryl methyl sites for hydroxylation is 1. The fourth-order valence-corrected chi connectivity index (χ4v) is 3.45. The Hall–Kier alpha value is -2.64. The molecule has 2 N–H and O–H groups in total. The molecule has 3 heterocycles. The maximum atomic E-state index is 6.11. The molecule has 0 saturated heterocycles. The smallest absolute Gasteiger partial charge is 0.185 e. The van der Waals surface area contributed by atoms with Crippen LogP contribution >= 0.6 is 23.2 Å². The first kappa shape index (κ1) is 17.8. The van der Waals surface area contributed by atoms with Crippen LogP contribution in [0.2, 0.25) is 10.0 Å². The van der Waals surface area contributed by atoms with Crippen LogP contribution in [0.3, 0.4) is 0 Å². The van der Waals surface area contributed by atoms with Gasteiger partial charge in [-0.2, -0.15) is 9.61 Å². The van der Waals surface area contributed by atoms with E-state index in [9.17, 15) is 0 Å². The van der Waals surface area contributed by atoms with Gasteiger partial charge in [-0.05, 0) is 50.2 Å². The van der Waals surface area contributed by atoms with Crippen LogP contribution in [0.25, 0.3) is 17.0 Å². The lowest BCUT2D eigenvalue weighted by Crippen LogP contribution is -2.19. The number of hydrogen-bond donors (Lipinski definition) is 2. The second-order valence-corrected chi connectivity index (χ2v) is 7.33. The molecule has 0 fully saturated rings. The van der Waals surface area contributed by atoms with Crippen LogP contribution in [-0.4, -0.2) is 36.1 Å². The topological polar surface area (TPSA) is 83.8 Å². The van der Waals surface area contributed by atoms with E-state index in [1.165, 1.54) is 0 Å². The number of nitrogens with zero attached hydrogens (tertiary/aromatic N) is 5. The van der Waals surface area contributed by atoms with Crippen LogP contribution in [0.5, 0.6) is 0 Å². The fraction of sp³-hybridized carbons (Fsp3) is 0.222. The van der Waals surface area contributed by atoms with Crippen LogP contribution < -0.4 is 5.32 Å². The Balaban J connectivity index is 1.61. The highest BCUT2D eigenvalue weighted by Crippen LogP contribution is 2.26. The minimum Gasteiger partial charge on any atom is -0.366 e. The number of aromatic amines is 1. The lowest BCUT2D eigenvalue weighted by Gasteiger charge is -2.13. The molecule has 138 valence electrons.